The van der Waals surface area contributed by atoms with Crippen molar-refractivity contribution in [2.45, 2.75) is 31.3 Å². The Balaban J connectivity index is 2.15. The molecule has 0 radical (unpaired) electrons. The summed E-state index contributed by atoms with van der Waals surface area (Å²) in [5.41, 5.74) is 1.93. The van der Waals surface area contributed by atoms with E-state index < -0.39 is 10.0 Å². The summed E-state index contributed by atoms with van der Waals surface area (Å²) in [6.45, 7) is 3.84. The van der Waals surface area contributed by atoms with Crippen LogP contribution in [0.4, 0.5) is 0 Å². The Morgan fingerprint density at radius 3 is 2.28 bits per heavy atom. The standard InChI is InChI=1S/C19H26N2O3S/c1-2-12-20-15-17-8-10-19(11-9-17)25(23,24)21(13-14-22)16-18-6-4-3-5-7-18/h3-11,20,22H,2,12-16H2,1H3. The highest BCUT2D eigenvalue weighted by Gasteiger charge is 2.24. The van der Waals surface area contributed by atoms with Crippen LogP contribution in [0, 0.1) is 0 Å². The molecule has 25 heavy (non-hydrogen) atoms. The van der Waals surface area contributed by atoms with Crippen LogP contribution < -0.4 is 5.32 Å². The van der Waals surface area contributed by atoms with E-state index >= 15 is 0 Å². The third-order valence-corrected chi connectivity index (χ3v) is 5.73. The predicted octanol–water partition coefficient (Wildman–Crippen LogP) is 2.37. The smallest absolute Gasteiger partial charge is 0.243 e. The van der Waals surface area contributed by atoms with Crippen LogP contribution in [0.1, 0.15) is 24.5 Å². The fraction of sp³-hybridized carbons (Fsp3) is 0.368. The number of nitrogens with one attached hydrogen (secondary N) is 1. The second kappa shape index (κ2) is 9.68. The van der Waals surface area contributed by atoms with E-state index in [1.807, 2.05) is 42.5 Å². The van der Waals surface area contributed by atoms with Crippen molar-refractivity contribution in [3.05, 3.63) is 65.7 Å². The first-order valence-electron chi connectivity index (χ1n) is 8.52. The van der Waals surface area contributed by atoms with E-state index in [1.54, 1.807) is 12.1 Å². The monoisotopic (exact) mass is 362 g/mol. The van der Waals surface area contributed by atoms with Gasteiger partial charge in [0.25, 0.3) is 0 Å². The van der Waals surface area contributed by atoms with Crippen molar-refractivity contribution >= 4 is 10.0 Å². The molecular weight excluding hydrogens is 336 g/mol. The number of rotatable bonds is 10. The number of hydrogen-bond acceptors (Lipinski definition) is 4. The van der Waals surface area contributed by atoms with Gasteiger partial charge in [-0.3, -0.25) is 0 Å². The van der Waals surface area contributed by atoms with Gasteiger partial charge >= 0.3 is 0 Å². The summed E-state index contributed by atoms with van der Waals surface area (Å²) in [7, 11) is -3.65. The summed E-state index contributed by atoms with van der Waals surface area (Å²) in [6.07, 6.45) is 1.06. The van der Waals surface area contributed by atoms with Crippen LogP contribution in [-0.2, 0) is 23.1 Å². The van der Waals surface area contributed by atoms with E-state index in [4.69, 9.17) is 0 Å². The lowest BCUT2D eigenvalue weighted by Crippen LogP contribution is -2.33. The van der Waals surface area contributed by atoms with Gasteiger partial charge in [-0.05, 0) is 36.2 Å². The Bertz CT molecular complexity index is 731. The minimum absolute atomic E-state index is 0.0665. The first-order valence-corrected chi connectivity index (χ1v) is 9.96. The van der Waals surface area contributed by atoms with Crippen LogP contribution in [0.25, 0.3) is 0 Å². The summed E-state index contributed by atoms with van der Waals surface area (Å²) >= 11 is 0. The molecule has 0 atom stereocenters. The minimum atomic E-state index is -3.65. The van der Waals surface area contributed by atoms with E-state index in [-0.39, 0.29) is 24.6 Å². The third kappa shape index (κ3) is 5.64. The van der Waals surface area contributed by atoms with Crippen LogP contribution in [-0.4, -0.2) is 37.5 Å². The zero-order valence-corrected chi connectivity index (χ0v) is 15.4. The molecule has 0 saturated heterocycles. The minimum Gasteiger partial charge on any atom is -0.395 e. The lowest BCUT2D eigenvalue weighted by Gasteiger charge is -2.21. The van der Waals surface area contributed by atoms with Crippen molar-refractivity contribution in [3.63, 3.8) is 0 Å². The van der Waals surface area contributed by atoms with Crippen molar-refractivity contribution in [1.29, 1.82) is 0 Å². The summed E-state index contributed by atoms with van der Waals surface area (Å²) in [6, 6.07) is 16.3. The van der Waals surface area contributed by atoms with Gasteiger partial charge in [-0.15, -0.1) is 0 Å². The zero-order chi connectivity index (χ0) is 18.1. The molecule has 0 aliphatic heterocycles. The molecule has 0 aromatic heterocycles. The van der Waals surface area contributed by atoms with Crippen molar-refractivity contribution < 1.29 is 13.5 Å². The molecule has 0 heterocycles. The Morgan fingerprint density at radius 2 is 1.68 bits per heavy atom. The molecule has 6 heteroatoms. The quantitative estimate of drug-likeness (QED) is 0.637. The van der Waals surface area contributed by atoms with Gasteiger partial charge < -0.3 is 10.4 Å². The SMILES string of the molecule is CCCNCc1ccc(S(=O)(=O)N(CCO)Cc2ccccc2)cc1. The Labute approximate surface area is 150 Å². The first kappa shape index (κ1) is 19.6. The summed E-state index contributed by atoms with van der Waals surface area (Å²) in [5.74, 6) is 0. The Kier molecular flexibility index (Phi) is 7.58. The second-order valence-corrected chi connectivity index (χ2v) is 7.81. The van der Waals surface area contributed by atoms with Crippen LogP contribution in [0.3, 0.4) is 0 Å². The average Bonchev–Trinajstić information content (AvgIpc) is 2.63. The lowest BCUT2D eigenvalue weighted by atomic mass is 10.2. The van der Waals surface area contributed by atoms with Gasteiger partial charge in [0.1, 0.15) is 0 Å². The van der Waals surface area contributed by atoms with E-state index in [1.165, 1.54) is 4.31 Å². The van der Waals surface area contributed by atoms with Gasteiger partial charge in [0.2, 0.25) is 10.0 Å². The zero-order valence-electron chi connectivity index (χ0n) is 14.6. The molecule has 2 aromatic rings. The average molecular weight is 362 g/mol. The van der Waals surface area contributed by atoms with Gasteiger partial charge in [-0.1, -0.05) is 49.4 Å². The Morgan fingerprint density at radius 1 is 1.00 bits per heavy atom. The number of aliphatic hydroxyl groups excluding tert-OH is 1. The van der Waals surface area contributed by atoms with Crippen LogP contribution >= 0.6 is 0 Å². The number of benzene rings is 2. The highest BCUT2D eigenvalue weighted by Crippen LogP contribution is 2.19. The van der Waals surface area contributed by atoms with Crippen molar-refractivity contribution in [2.24, 2.45) is 0 Å². The molecule has 5 nitrogen and oxygen atoms in total. The van der Waals surface area contributed by atoms with E-state index in [0.29, 0.717) is 0 Å². The van der Waals surface area contributed by atoms with Crippen molar-refractivity contribution in [1.82, 2.24) is 9.62 Å². The van der Waals surface area contributed by atoms with Gasteiger partial charge in [0.15, 0.2) is 0 Å². The summed E-state index contributed by atoms with van der Waals surface area (Å²) in [4.78, 5) is 0.246. The molecule has 0 bridgehead atoms. The maximum absolute atomic E-state index is 12.9. The van der Waals surface area contributed by atoms with Gasteiger partial charge in [-0.25, -0.2) is 8.42 Å². The molecule has 0 spiro atoms. The third-order valence-electron chi connectivity index (χ3n) is 3.87. The van der Waals surface area contributed by atoms with Gasteiger partial charge in [0.05, 0.1) is 11.5 Å². The second-order valence-electron chi connectivity index (χ2n) is 5.87. The maximum Gasteiger partial charge on any atom is 0.243 e. The molecule has 0 aliphatic rings. The molecule has 2 aromatic carbocycles. The van der Waals surface area contributed by atoms with Crippen molar-refractivity contribution in [2.75, 3.05) is 19.7 Å². The summed E-state index contributed by atoms with van der Waals surface area (Å²) in [5, 5.41) is 12.6. The van der Waals surface area contributed by atoms with Gasteiger partial charge in [0, 0.05) is 19.6 Å². The fourth-order valence-corrected chi connectivity index (χ4v) is 3.94. The molecule has 136 valence electrons. The normalized spacial score (nSPS) is 11.8. The molecular formula is C19H26N2O3S. The number of aliphatic hydroxyl groups is 1. The highest BCUT2D eigenvalue weighted by atomic mass is 32.2. The lowest BCUT2D eigenvalue weighted by molar-refractivity contribution is 0.251. The van der Waals surface area contributed by atoms with E-state index in [2.05, 4.69) is 12.2 Å². The number of nitrogens with zero attached hydrogens (tertiary/aromatic N) is 1. The molecule has 0 unspecified atom stereocenters. The fourth-order valence-electron chi connectivity index (χ4n) is 2.52. The number of hydrogen-bond donors (Lipinski definition) is 2. The van der Waals surface area contributed by atoms with Crippen LogP contribution in [0.5, 0.6) is 0 Å². The van der Waals surface area contributed by atoms with E-state index in [9.17, 15) is 13.5 Å². The number of sulfonamides is 1. The topological polar surface area (TPSA) is 69.6 Å². The molecule has 0 aliphatic carbocycles. The predicted molar refractivity (Wildman–Crippen MR) is 99.6 cm³/mol. The van der Waals surface area contributed by atoms with Crippen LogP contribution in [0.2, 0.25) is 0 Å². The van der Waals surface area contributed by atoms with E-state index in [0.717, 1.165) is 30.6 Å². The molecule has 0 amide bonds. The largest absolute Gasteiger partial charge is 0.395 e. The van der Waals surface area contributed by atoms with Crippen molar-refractivity contribution in [3.8, 4) is 0 Å². The Hall–Kier alpha value is -1.73. The van der Waals surface area contributed by atoms with Gasteiger partial charge in [-0.2, -0.15) is 4.31 Å². The first-order chi connectivity index (χ1) is 12.1. The molecule has 0 fully saturated rings. The van der Waals surface area contributed by atoms with Crippen LogP contribution in [0.15, 0.2) is 59.5 Å². The molecule has 0 saturated carbocycles. The highest BCUT2D eigenvalue weighted by molar-refractivity contribution is 7.89. The maximum atomic E-state index is 12.9. The molecule has 2 rings (SSSR count). The molecule has 2 N–H and O–H groups in total. The summed E-state index contributed by atoms with van der Waals surface area (Å²) < 4.78 is 27.1.